The number of aromatic nitrogens is 2. The van der Waals surface area contributed by atoms with Crippen molar-refractivity contribution >= 4 is 22.6 Å². The highest BCUT2D eigenvalue weighted by molar-refractivity contribution is 7.17. The lowest BCUT2D eigenvalue weighted by atomic mass is 9.93. The Kier molecular flexibility index (Phi) is 4.00. The zero-order valence-corrected chi connectivity index (χ0v) is 15.4. The molecule has 0 aliphatic heterocycles. The number of rotatable bonds is 4. The molecule has 0 bridgehead atoms. The van der Waals surface area contributed by atoms with Crippen LogP contribution in [-0.4, -0.2) is 29.9 Å². The fraction of sp³-hybridized carbons (Fsp3) is 0.368. The number of nitrogens with zero attached hydrogens (tertiary/aromatic N) is 2. The van der Waals surface area contributed by atoms with E-state index in [0.29, 0.717) is 28.8 Å². The third-order valence-corrected chi connectivity index (χ3v) is 5.97. The van der Waals surface area contributed by atoms with Gasteiger partial charge < -0.3 is 9.47 Å². The average Bonchev–Trinajstić information content (AvgIpc) is 3.15. The second kappa shape index (κ2) is 6.19. The van der Waals surface area contributed by atoms with Crippen molar-refractivity contribution in [3.05, 3.63) is 34.5 Å². The van der Waals surface area contributed by atoms with Gasteiger partial charge in [-0.2, -0.15) is 0 Å². The Labute approximate surface area is 150 Å². The summed E-state index contributed by atoms with van der Waals surface area (Å²) in [6.07, 6.45) is 4.14. The van der Waals surface area contributed by atoms with Gasteiger partial charge in [0.2, 0.25) is 0 Å². The zero-order chi connectivity index (χ0) is 17.6. The van der Waals surface area contributed by atoms with Gasteiger partial charge in [0.1, 0.15) is 11.4 Å². The van der Waals surface area contributed by atoms with E-state index in [1.165, 1.54) is 10.6 Å². The molecule has 5 nitrogen and oxygen atoms in total. The van der Waals surface area contributed by atoms with Crippen molar-refractivity contribution in [2.24, 2.45) is 5.92 Å². The summed E-state index contributed by atoms with van der Waals surface area (Å²) >= 11 is 1.70. The number of ether oxygens (including phenoxy) is 2. The summed E-state index contributed by atoms with van der Waals surface area (Å²) in [5, 5.41) is 0. The molecule has 0 amide bonds. The van der Waals surface area contributed by atoms with Crippen LogP contribution in [0.15, 0.2) is 18.2 Å². The van der Waals surface area contributed by atoms with E-state index < -0.39 is 0 Å². The van der Waals surface area contributed by atoms with Crippen LogP contribution in [0, 0.1) is 5.92 Å². The molecule has 130 valence electrons. The SMILES string of the molecule is COc1ccc(-c2nc3sc4c(n3c2C=O)CCC(C)C4)cc1OC. The summed E-state index contributed by atoms with van der Waals surface area (Å²) in [5.74, 6) is 1.98. The molecule has 4 rings (SSSR count). The molecule has 2 heterocycles. The van der Waals surface area contributed by atoms with Crippen LogP contribution >= 0.6 is 11.3 Å². The molecule has 0 fully saturated rings. The van der Waals surface area contributed by atoms with E-state index in [1.54, 1.807) is 25.6 Å². The van der Waals surface area contributed by atoms with Crippen LogP contribution in [0.5, 0.6) is 11.5 Å². The molecule has 0 spiro atoms. The Morgan fingerprint density at radius 3 is 2.80 bits per heavy atom. The van der Waals surface area contributed by atoms with Gasteiger partial charge in [-0.05, 0) is 43.4 Å². The average molecular weight is 356 g/mol. The number of hydrogen-bond acceptors (Lipinski definition) is 5. The van der Waals surface area contributed by atoms with Crippen molar-refractivity contribution in [1.82, 2.24) is 9.38 Å². The van der Waals surface area contributed by atoms with Crippen LogP contribution in [0.4, 0.5) is 0 Å². The fourth-order valence-electron chi connectivity index (χ4n) is 3.55. The Bertz CT molecular complexity index is 957. The van der Waals surface area contributed by atoms with Gasteiger partial charge in [-0.3, -0.25) is 9.20 Å². The quantitative estimate of drug-likeness (QED) is 0.663. The number of aryl methyl sites for hydroxylation is 1. The standard InChI is InChI=1S/C19H20N2O3S/c1-11-4-6-13-17(8-11)25-19-20-18(14(10-22)21(13)19)12-5-7-15(23-2)16(9-12)24-3/h5,7,9-11H,4,6,8H2,1-3H3. The number of fused-ring (bicyclic) bond motifs is 3. The van der Waals surface area contributed by atoms with Crippen LogP contribution in [0.3, 0.4) is 0 Å². The fourth-order valence-corrected chi connectivity index (χ4v) is 4.89. The molecule has 25 heavy (non-hydrogen) atoms. The predicted octanol–water partition coefficient (Wildman–Crippen LogP) is 4.02. The predicted molar refractivity (Wildman–Crippen MR) is 98.2 cm³/mol. The van der Waals surface area contributed by atoms with E-state index in [0.717, 1.165) is 36.1 Å². The number of carbonyl (C=O) groups is 1. The molecule has 1 atom stereocenters. The molecule has 1 aliphatic rings. The van der Waals surface area contributed by atoms with Gasteiger partial charge in [0.25, 0.3) is 0 Å². The van der Waals surface area contributed by atoms with Crippen molar-refractivity contribution in [3.63, 3.8) is 0 Å². The van der Waals surface area contributed by atoms with Crippen LogP contribution < -0.4 is 9.47 Å². The molecular weight excluding hydrogens is 336 g/mol. The summed E-state index contributed by atoms with van der Waals surface area (Å²) in [4.78, 5) is 18.9. The van der Waals surface area contributed by atoms with Crippen LogP contribution in [-0.2, 0) is 12.8 Å². The van der Waals surface area contributed by atoms with Gasteiger partial charge in [-0.1, -0.05) is 6.92 Å². The van der Waals surface area contributed by atoms with E-state index in [-0.39, 0.29) is 0 Å². The van der Waals surface area contributed by atoms with Crippen LogP contribution in [0.2, 0.25) is 0 Å². The number of benzene rings is 1. The molecule has 0 saturated carbocycles. The number of thiazole rings is 1. The molecule has 1 aromatic carbocycles. The smallest absolute Gasteiger partial charge is 0.195 e. The highest BCUT2D eigenvalue weighted by Crippen LogP contribution is 2.38. The summed E-state index contributed by atoms with van der Waals surface area (Å²) in [6, 6.07) is 5.62. The molecule has 0 saturated heterocycles. The van der Waals surface area contributed by atoms with Crippen molar-refractivity contribution in [2.75, 3.05) is 14.2 Å². The highest BCUT2D eigenvalue weighted by atomic mass is 32.1. The Balaban J connectivity index is 1.89. The second-order valence-corrected chi connectivity index (χ2v) is 7.53. The Hall–Kier alpha value is -2.34. The molecule has 6 heteroatoms. The largest absolute Gasteiger partial charge is 0.493 e. The number of hydrogen-bond donors (Lipinski definition) is 0. The molecule has 1 aliphatic carbocycles. The summed E-state index contributed by atoms with van der Waals surface area (Å²) in [6.45, 7) is 2.28. The third-order valence-electron chi connectivity index (χ3n) is 4.86. The number of aldehydes is 1. The van der Waals surface area contributed by atoms with Gasteiger partial charge in [0.15, 0.2) is 22.7 Å². The van der Waals surface area contributed by atoms with Crippen molar-refractivity contribution in [2.45, 2.75) is 26.2 Å². The first kappa shape index (κ1) is 16.1. The Morgan fingerprint density at radius 1 is 1.28 bits per heavy atom. The van der Waals surface area contributed by atoms with Gasteiger partial charge in [-0.15, -0.1) is 11.3 Å². The first-order valence-electron chi connectivity index (χ1n) is 8.36. The van der Waals surface area contributed by atoms with Gasteiger partial charge in [-0.25, -0.2) is 4.98 Å². The molecule has 2 aromatic heterocycles. The Morgan fingerprint density at radius 2 is 2.08 bits per heavy atom. The summed E-state index contributed by atoms with van der Waals surface area (Å²) in [7, 11) is 3.21. The zero-order valence-electron chi connectivity index (χ0n) is 14.5. The van der Waals surface area contributed by atoms with E-state index in [9.17, 15) is 4.79 Å². The van der Waals surface area contributed by atoms with E-state index in [4.69, 9.17) is 14.5 Å². The summed E-state index contributed by atoms with van der Waals surface area (Å²) in [5.41, 5.74) is 3.42. The maximum absolute atomic E-state index is 11.9. The van der Waals surface area contributed by atoms with Crippen molar-refractivity contribution in [1.29, 1.82) is 0 Å². The highest BCUT2D eigenvalue weighted by Gasteiger charge is 2.25. The minimum absolute atomic E-state index is 0.620. The number of imidazole rings is 1. The van der Waals surface area contributed by atoms with Gasteiger partial charge in [0, 0.05) is 16.1 Å². The first-order valence-corrected chi connectivity index (χ1v) is 9.18. The van der Waals surface area contributed by atoms with Crippen molar-refractivity contribution in [3.8, 4) is 22.8 Å². The normalized spacial score (nSPS) is 16.7. The maximum Gasteiger partial charge on any atom is 0.195 e. The molecular formula is C19H20N2O3S. The minimum Gasteiger partial charge on any atom is -0.493 e. The number of carbonyl (C=O) groups excluding carboxylic acids is 1. The van der Waals surface area contributed by atoms with E-state index in [2.05, 4.69) is 6.92 Å². The van der Waals surface area contributed by atoms with Gasteiger partial charge >= 0.3 is 0 Å². The lowest BCUT2D eigenvalue weighted by Crippen LogP contribution is -2.11. The second-order valence-electron chi connectivity index (χ2n) is 6.47. The third kappa shape index (κ3) is 2.52. The van der Waals surface area contributed by atoms with Crippen LogP contribution in [0.1, 0.15) is 34.4 Å². The number of methoxy groups -OCH3 is 2. The maximum atomic E-state index is 11.9. The van der Waals surface area contributed by atoms with Crippen LogP contribution in [0.25, 0.3) is 16.2 Å². The molecule has 0 N–H and O–H groups in total. The van der Waals surface area contributed by atoms with E-state index >= 15 is 0 Å². The lowest BCUT2D eigenvalue weighted by molar-refractivity contribution is 0.111. The first-order chi connectivity index (χ1) is 12.2. The molecule has 1 unspecified atom stereocenters. The lowest BCUT2D eigenvalue weighted by Gasteiger charge is -2.17. The topological polar surface area (TPSA) is 52.8 Å². The minimum atomic E-state index is 0.620. The molecule has 3 aromatic rings. The summed E-state index contributed by atoms with van der Waals surface area (Å²) < 4.78 is 12.7. The van der Waals surface area contributed by atoms with Gasteiger partial charge in [0.05, 0.1) is 14.2 Å². The van der Waals surface area contributed by atoms with Crippen molar-refractivity contribution < 1.29 is 14.3 Å². The van der Waals surface area contributed by atoms with E-state index in [1.807, 2.05) is 22.6 Å². The monoisotopic (exact) mass is 356 g/mol. The molecule has 0 radical (unpaired) electrons.